The van der Waals surface area contributed by atoms with E-state index in [1.807, 2.05) is 19.1 Å². The number of hydrogen-bond donors (Lipinski definition) is 2. The van der Waals surface area contributed by atoms with Crippen molar-refractivity contribution in [2.45, 2.75) is 13.5 Å². The van der Waals surface area contributed by atoms with Gasteiger partial charge < -0.3 is 20.1 Å². The second kappa shape index (κ2) is 10.2. The third-order valence-corrected chi connectivity index (χ3v) is 3.20. The van der Waals surface area contributed by atoms with Gasteiger partial charge in [-0.05, 0) is 42.8 Å². The van der Waals surface area contributed by atoms with Gasteiger partial charge in [-0.15, -0.1) is 0 Å². The Balaban J connectivity index is 1.99. The summed E-state index contributed by atoms with van der Waals surface area (Å²) in [5, 5.41) is 6.36. The Kier molecular flexibility index (Phi) is 7.65. The maximum atomic E-state index is 12.9. The topological polar surface area (TPSA) is 67.8 Å². The van der Waals surface area contributed by atoms with Crippen LogP contribution >= 0.6 is 0 Å². The van der Waals surface area contributed by atoms with E-state index < -0.39 is 0 Å². The van der Waals surface area contributed by atoms with Crippen LogP contribution in [0.25, 0.3) is 0 Å². The first kappa shape index (κ1) is 18.7. The van der Waals surface area contributed by atoms with Crippen molar-refractivity contribution >= 4 is 5.96 Å². The van der Waals surface area contributed by atoms with Crippen LogP contribution in [0, 0.1) is 5.82 Å². The molecule has 0 radical (unpaired) electrons. The molecule has 2 rings (SSSR count). The van der Waals surface area contributed by atoms with Crippen molar-refractivity contribution in [2.75, 3.05) is 26.8 Å². The SMILES string of the molecule is CCNC(=NCc1ccnc(Oc2ccc(F)cc2)c1)NCCOC. The summed E-state index contributed by atoms with van der Waals surface area (Å²) in [4.78, 5) is 8.69. The van der Waals surface area contributed by atoms with E-state index in [2.05, 4.69) is 20.6 Å². The highest BCUT2D eigenvalue weighted by molar-refractivity contribution is 5.79. The number of ether oxygens (including phenoxy) is 2. The van der Waals surface area contributed by atoms with E-state index in [9.17, 15) is 4.39 Å². The lowest BCUT2D eigenvalue weighted by Gasteiger charge is -2.11. The largest absolute Gasteiger partial charge is 0.439 e. The number of halogens is 1. The molecule has 0 amide bonds. The van der Waals surface area contributed by atoms with E-state index in [4.69, 9.17) is 9.47 Å². The smallest absolute Gasteiger partial charge is 0.219 e. The van der Waals surface area contributed by atoms with E-state index in [1.165, 1.54) is 12.1 Å². The van der Waals surface area contributed by atoms with Gasteiger partial charge in [0.2, 0.25) is 5.88 Å². The highest BCUT2D eigenvalue weighted by Crippen LogP contribution is 2.20. The van der Waals surface area contributed by atoms with Crippen molar-refractivity contribution in [1.29, 1.82) is 0 Å². The van der Waals surface area contributed by atoms with Gasteiger partial charge in [0.15, 0.2) is 5.96 Å². The van der Waals surface area contributed by atoms with Crippen molar-refractivity contribution in [3.8, 4) is 11.6 Å². The second-order valence-electron chi connectivity index (χ2n) is 5.17. The van der Waals surface area contributed by atoms with Crippen LogP contribution in [0.3, 0.4) is 0 Å². The van der Waals surface area contributed by atoms with E-state index in [0.717, 1.165) is 18.1 Å². The number of nitrogens with one attached hydrogen (secondary N) is 2. The summed E-state index contributed by atoms with van der Waals surface area (Å²) in [7, 11) is 1.66. The second-order valence-corrected chi connectivity index (χ2v) is 5.17. The van der Waals surface area contributed by atoms with Gasteiger partial charge in [0.1, 0.15) is 11.6 Å². The molecule has 0 saturated carbocycles. The molecule has 0 atom stereocenters. The molecule has 134 valence electrons. The maximum absolute atomic E-state index is 12.9. The molecule has 0 saturated heterocycles. The number of benzene rings is 1. The van der Waals surface area contributed by atoms with Crippen LogP contribution in [0.5, 0.6) is 11.6 Å². The average molecular weight is 346 g/mol. The number of aliphatic imine (C=N–C) groups is 1. The zero-order valence-electron chi connectivity index (χ0n) is 14.5. The summed E-state index contributed by atoms with van der Waals surface area (Å²) < 4.78 is 23.6. The summed E-state index contributed by atoms with van der Waals surface area (Å²) in [5.41, 5.74) is 0.955. The molecule has 0 aliphatic heterocycles. The maximum Gasteiger partial charge on any atom is 0.219 e. The van der Waals surface area contributed by atoms with Crippen molar-refractivity contribution in [1.82, 2.24) is 15.6 Å². The van der Waals surface area contributed by atoms with Crippen molar-refractivity contribution in [3.05, 3.63) is 54.0 Å². The Labute approximate surface area is 147 Å². The van der Waals surface area contributed by atoms with E-state index in [-0.39, 0.29) is 5.82 Å². The highest BCUT2D eigenvalue weighted by Gasteiger charge is 2.02. The van der Waals surface area contributed by atoms with Crippen LogP contribution < -0.4 is 15.4 Å². The van der Waals surface area contributed by atoms with Crippen LogP contribution in [0.4, 0.5) is 4.39 Å². The van der Waals surface area contributed by atoms with E-state index in [0.29, 0.717) is 31.3 Å². The van der Waals surface area contributed by atoms with Gasteiger partial charge in [-0.2, -0.15) is 0 Å². The number of aromatic nitrogens is 1. The molecule has 7 heteroatoms. The lowest BCUT2D eigenvalue weighted by Crippen LogP contribution is -2.38. The summed E-state index contributed by atoms with van der Waals surface area (Å²) in [5.74, 6) is 1.39. The van der Waals surface area contributed by atoms with Gasteiger partial charge in [-0.3, -0.25) is 0 Å². The molecular formula is C18H23FN4O2. The number of guanidine groups is 1. The van der Waals surface area contributed by atoms with Crippen LogP contribution in [-0.4, -0.2) is 37.7 Å². The number of pyridine rings is 1. The van der Waals surface area contributed by atoms with Gasteiger partial charge >= 0.3 is 0 Å². The van der Waals surface area contributed by atoms with Crippen molar-refractivity contribution in [3.63, 3.8) is 0 Å². The Morgan fingerprint density at radius 3 is 2.72 bits per heavy atom. The normalized spacial score (nSPS) is 11.2. The van der Waals surface area contributed by atoms with Gasteiger partial charge in [0.05, 0.1) is 13.2 Å². The first-order valence-corrected chi connectivity index (χ1v) is 8.10. The number of methoxy groups -OCH3 is 1. The molecule has 0 unspecified atom stereocenters. The van der Waals surface area contributed by atoms with Crippen molar-refractivity contribution < 1.29 is 13.9 Å². The number of rotatable bonds is 8. The minimum atomic E-state index is -0.305. The van der Waals surface area contributed by atoms with Crippen molar-refractivity contribution in [2.24, 2.45) is 4.99 Å². The third kappa shape index (κ3) is 6.76. The van der Waals surface area contributed by atoms with Crippen LogP contribution in [0.1, 0.15) is 12.5 Å². The molecule has 0 aliphatic carbocycles. The lowest BCUT2D eigenvalue weighted by molar-refractivity contribution is 0.203. The molecule has 6 nitrogen and oxygen atoms in total. The van der Waals surface area contributed by atoms with Gasteiger partial charge in [0, 0.05) is 32.5 Å². The zero-order valence-corrected chi connectivity index (χ0v) is 14.5. The Hall–Kier alpha value is -2.67. The van der Waals surface area contributed by atoms with Gasteiger partial charge in [-0.25, -0.2) is 14.4 Å². The van der Waals surface area contributed by atoms with Crippen LogP contribution in [0.15, 0.2) is 47.6 Å². The Bertz CT molecular complexity index is 677. The minimum absolute atomic E-state index is 0.305. The predicted molar refractivity (Wildman–Crippen MR) is 95.4 cm³/mol. The fourth-order valence-corrected chi connectivity index (χ4v) is 2.01. The number of nitrogens with zero attached hydrogens (tertiary/aromatic N) is 2. The molecule has 1 aromatic carbocycles. The zero-order chi connectivity index (χ0) is 17.9. The Morgan fingerprint density at radius 2 is 2.00 bits per heavy atom. The molecule has 0 aliphatic rings. The predicted octanol–water partition coefficient (Wildman–Crippen LogP) is 2.71. The van der Waals surface area contributed by atoms with Crippen LogP contribution in [-0.2, 0) is 11.3 Å². The standard InChI is InChI=1S/C18H23FN4O2/c1-3-20-18(22-10-11-24-2)23-13-14-8-9-21-17(12-14)25-16-6-4-15(19)5-7-16/h4-9,12H,3,10-11,13H2,1-2H3,(H2,20,22,23). The fraction of sp³-hybridized carbons (Fsp3) is 0.333. The summed E-state index contributed by atoms with van der Waals surface area (Å²) in [6, 6.07) is 9.50. The van der Waals surface area contributed by atoms with Crippen LogP contribution in [0.2, 0.25) is 0 Å². The van der Waals surface area contributed by atoms with E-state index >= 15 is 0 Å². The molecule has 1 aromatic heterocycles. The average Bonchev–Trinajstić information content (AvgIpc) is 2.62. The molecular weight excluding hydrogens is 323 g/mol. The first-order valence-electron chi connectivity index (χ1n) is 8.10. The quantitative estimate of drug-likeness (QED) is 0.437. The molecule has 1 heterocycles. The molecule has 0 fully saturated rings. The monoisotopic (exact) mass is 346 g/mol. The fourth-order valence-electron chi connectivity index (χ4n) is 2.01. The first-order chi connectivity index (χ1) is 12.2. The number of hydrogen-bond acceptors (Lipinski definition) is 4. The summed E-state index contributed by atoms with van der Waals surface area (Å²) >= 11 is 0. The summed E-state index contributed by atoms with van der Waals surface area (Å²) in [6.07, 6.45) is 1.66. The molecule has 0 spiro atoms. The van der Waals surface area contributed by atoms with Gasteiger partial charge in [-0.1, -0.05) is 0 Å². The Morgan fingerprint density at radius 1 is 1.20 bits per heavy atom. The summed E-state index contributed by atoms with van der Waals surface area (Å²) in [6.45, 7) is 4.54. The molecule has 0 bridgehead atoms. The van der Waals surface area contributed by atoms with Gasteiger partial charge in [0.25, 0.3) is 0 Å². The molecule has 2 aromatic rings. The highest BCUT2D eigenvalue weighted by atomic mass is 19.1. The molecule has 2 N–H and O–H groups in total. The molecule has 25 heavy (non-hydrogen) atoms. The third-order valence-electron chi connectivity index (χ3n) is 3.20. The van der Waals surface area contributed by atoms with E-state index in [1.54, 1.807) is 25.4 Å². The lowest BCUT2D eigenvalue weighted by atomic mass is 10.2. The minimum Gasteiger partial charge on any atom is -0.439 e.